The number of rotatable bonds is 1. The van der Waals surface area contributed by atoms with Crippen molar-refractivity contribution in [3.05, 3.63) is 39.4 Å². The van der Waals surface area contributed by atoms with Crippen molar-refractivity contribution < 1.29 is 4.79 Å². The molecular weight excluding hydrogens is 204 g/mol. The quantitative estimate of drug-likeness (QED) is 0.738. The molecule has 0 fully saturated rings. The molecule has 1 N–H and O–H groups in total. The molecule has 0 amide bonds. The largest absolute Gasteiger partial charge is 0.320 e. The molecule has 2 heterocycles. The van der Waals surface area contributed by atoms with Gasteiger partial charge < -0.3 is 4.98 Å². The third-order valence-corrected chi connectivity index (χ3v) is 2.74. The van der Waals surface area contributed by atoms with E-state index in [2.05, 4.69) is 9.97 Å². The van der Waals surface area contributed by atoms with Gasteiger partial charge in [-0.2, -0.15) is 0 Å². The van der Waals surface area contributed by atoms with Crippen LogP contribution in [-0.4, -0.2) is 15.8 Å². The van der Waals surface area contributed by atoms with Crippen molar-refractivity contribution in [1.82, 2.24) is 9.97 Å². The van der Waals surface area contributed by atoms with Gasteiger partial charge in [-0.3, -0.25) is 14.6 Å². The molecule has 2 aromatic rings. The first-order chi connectivity index (χ1) is 7.52. The number of ketones is 1. The number of nitrogens with zero attached hydrogens (tertiary/aromatic N) is 1. The predicted molar refractivity (Wildman–Crippen MR) is 61.8 cm³/mol. The molecule has 4 heteroatoms. The summed E-state index contributed by atoms with van der Waals surface area (Å²) in [6.45, 7) is 5.01. The van der Waals surface area contributed by atoms with E-state index in [1.807, 2.05) is 6.92 Å². The van der Waals surface area contributed by atoms with Crippen LogP contribution >= 0.6 is 0 Å². The number of Topliss-reactive ketones (excluding diaryl/α,β-unsaturated/α-hetero) is 1. The lowest BCUT2D eigenvalue weighted by molar-refractivity contribution is 0.101. The number of H-pyrrole nitrogens is 1. The molecule has 2 rings (SSSR count). The summed E-state index contributed by atoms with van der Waals surface area (Å²) in [5.41, 5.74) is 2.08. The van der Waals surface area contributed by atoms with Gasteiger partial charge in [-0.1, -0.05) is 0 Å². The second-order valence-corrected chi connectivity index (χ2v) is 3.83. The Hall–Kier alpha value is -1.97. The van der Waals surface area contributed by atoms with E-state index in [0.717, 1.165) is 16.6 Å². The zero-order valence-electron chi connectivity index (χ0n) is 9.42. The highest BCUT2D eigenvalue weighted by atomic mass is 16.1. The number of hydrogen-bond acceptors (Lipinski definition) is 3. The fourth-order valence-corrected chi connectivity index (χ4v) is 1.94. The van der Waals surface area contributed by atoms with Gasteiger partial charge in [-0.05, 0) is 32.4 Å². The second kappa shape index (κ2) is 3.56. The van der Waals surface area contributed by atoms with Crippen LogP contribution in [0.2, 0.25) is 0 Å². The highest BCUT2D eigenvalue weighted by Gasteiger charge is 2.13. The van der Waals surface area contributed by atoms with Crippen LogP contribution in [0, 0.1) is 13.8 Å². The van der Waals surface area contributed by atoms with Crippen LogP contribution in [0.25, 0.3) is 10.9 Å². The number of nitrogens with one attached hydrogen (secondary N) is 1. The van der Waals surface area contributed by atoms with Crippen LogP contribution in [-0.2, 0) is 0 Å². The maximum atomic E-state index is 11.7. The SMILES string of the molecule is CC(=O)c1c(C)c2ccnc(C)c2[nH]c1=O. The lowest BCUT2D eigenvalue weighted by Crippen LogP contribution is -2.18. The van der Waals surface area contributed by atoms with Crippen molar-refractivity contribution in [3.8, 4) is 0 Å². The maximum Gasteiger partial charge on any atom is 0.259 e. The number of carbonyl (C=O) groups excluding carboxylic acids is 1. The van der Waals surface area contributed by atoms with E-state index in [-0.39, 0.29) is 16.9 Å². The molecule has 0 aliphatic heterocycles. The Balaban J connectivity index is 3.01. The zero-order chi connectivity index (χ0) is 11.9. The first-order valence-corrected chi connectivity index (χ1v) is 5.01. The summed E-state index contributed by atoms with van der Waals surface area (Å²) < 4.78 is 0. The average Bonchev–Trinajstić information content (AvgIpc) is 2.19. The molecule has 16 heavy (non-hydrogen) atoms. The minimum atomic E-state index is -0.339. The summed E-state index contributed by atoms with van der Waals surface area (Å²) in [6.07, 6.45) is 1.67. The molecule has 4 nitrogen and oxygen atoms in total. The molecule has 0 aromatic carbocycles. The van der Waals surface area contributed by atoms with E-state index in [1.165, 1.54) is 6.92 Å². The summed E-state index contributed by atoms with van der Waals surface area (Å²) in [5.74, 6) is -0.213. The van der Waals surface area contributed by atoms with Gasteiger partial charge in [-0.25, -0.2) is 0 Å². The van der Waals surface area contributed by atoms with Crippen molar-refractivity contribution in [2.45, 2.75) is 20.8 Å². The summed E-state index contributed by atoms with van der Waals surface area (Å²) in [5, 5.41) is 0.873. The molecule has 0 aliphatic rings. The van der Waals surface area contributed by atoms with Gasteiger partial charge in [0, 0.05) is 11.6 Å². The first kappa shape index (κ1) is 10.5. The Kier molecular flexibility index (Phi) is 2.34. The van der Waals surface area contributed by atoms with Gasteiger partial charge in [0.05, 0.1) is 16.8 Å². The highest BCUT2D eigenvalue weighted by molar-refractivity contribution is 5.99. The van der Waals surface area contributed by atoms with Gasteiger partial charge in [0.2, 0.25) is 0 Å². The van der Waals surface area contributed by atoms with Crippen molar-refractivity contribution in [3.63, 3.8) is 0 Å². The number of hydrogen-bond donors (Lipinski definition) is 1. The standard InChI is InChI=1S/C12H12N2O2/c1-6-9-4-5-13-7(2)11(9)14-12(16)10(6)8(3)15/h4-5H,1-3H3,(H,14,16). The lowest BCUT2D eigenvalue weighted by Gasteiger charge is -2.07. The molecule has 0 saturated heterocycles. The fraction of sp³-hybridized carbons (Fsp3) is 0.250. The van der Waals surface area contributed by atoms with Gasteiger partial charge in [0.15, 0.2) is 5.78 Å². The summed E-state index contributed by atoms with van der Waals surface area (Å²) in [7, 11) is 0. The molecular formula is C12H12N2O2. The average molecular weight is 216 g/mol. The lowest BCUT2D eigenvalue weighted by atomic mass is 10.0. The molecule has 0 bridgehead atoms. The number of fused-ring (bicyclic) bond motifs is 1. The summed E-state index contributed by atoms with van der Waals surface area (Å²) in [4.78, 5) is 29.9. The minimum Gasteiger partial charge on any atom is -0.320 e. The smallest absolute Gasteiger partial charge is 0.259 e. The minimum absolute atomic E-state index is 0.213. The van der Waals surface area contributed by atoms with E-state index in [9.17, 15) is 9.59 Å². The Labute approximate surface area is 92.3 Å². The normalized spacial score (nSPS) is 10.7. The fourth-order valence-electron chi connectivity index (χ4n) is 1.94. The summed E-state index contributed by atoms with van der Waals surface area (Å²) >= 11 is 0. The monoisotopic (exact) mass is 216 g/mol. The Bertz CT molecular complexity index is 641. The summed E-state index contributed by atoms with van der Waals surface area (Å²) in [6, 6.07) is 1.81. The van der Waals surface area contributed by atoms with Gasteiger partial charge in [-0.15, -0.1) is 0 Å². The Morgan fingerprint density at radius 2 is 2.06 bits per heavy atom. The van der Waals surface area contributed by atoms with Crippen molar-refractivity contribution in [2.75, 3.05) is 0 Å². The van der Waals surface area contributed by atoms with Gasteiger partial charge in [0.25, 0.3) is 5.56 Å². The van der Waals surface area contributed by atoms with Crippen LogP contribution in [0.4, 0.5) is 0 Å². The van der Waals surface area contributed by atoms with Crippen molar-refractivity contribution in [1.29, 1.82) is 0 Å². The highest BCUT2D eigenvalue weighted by Crippen LogP contribution is 2.18. The molecule has 0 unspecified atom stereocenters. The number of aryl methyl sites for hydroxylation is 2. The molecule has 0 radical (unpaired) electrons. The molecule has 0 atom stereocenters. The number of aromatic amines is 1. The van der Waals surface area contributed by atoms with E-state index in [0.29, 0.717) is 5.52 Å². The van der Waals surface area contributed by atoms with Crippen molar-refractivity contribution in [2.24, 2.45) is 0 Å². The van der Waals surface area contributed by atoms with E-state index in [4.69, 9.17) is 0 Å². The van der Waals surface area contributed by atoms with E-state index >= 15 is 0 Å². The van der Waals surface area contributed by atoms with E-state index < -0.39 is 0 Å². The first-order valence-electron chi connectivity index (χ1n) is 5.01. The van der Waals surface area contributed by atoms with Crippen LogP contribution in [0.15, 0.2) is 17.1 Å². The second-order valence-electron chi connectivity index (χ2n) is 3.83. The number of carbonyl (C=O) groups is 1. The predicted octanol–water partition coefficient (Wildman–Crippen LogP) is 1.74. The third kappa shape index (κ3) is 1.43. The van der Waals surface area contributed by atoms with Crippen LogP contribution in [0.5, 0.6) is 0 Å². The molecule has 0 spiro atoms. The zero-order valence-corrected chi connectivity index (χ0v) is 9.42. The van der Waals surface area contributed by atoms with Crippen LogP contribution < -0.4 is 5.56 Å². The number of pyridine rings is 2. The molecule has 0 saturated carbocycles. The Morgan fingerprint density at radius 3 is 2.69 bits per heavy atom. The molecule has 2 aromatic heterocycles. The van der Waals surface area contributed by atoms with E-state index in [1.54, 1.807) is 19.2 Å². The third-order valence-electron chi connectivity index (χ3n) is 2.74. The van der Waals surface area contributed by atoms with Gasteiger partial charge in [0.1, 0.15) is 0 Å². The number of aromatic nitrogens is 2. The topological polar surface area (TPSA) is 62.8 Å². The molecule has 0 aliphatic carbocycles. The molecule has 82 valence electrons. The van der Waals surface area contributed by atoms with Crippen LogP contribution in [0.3, 0.4) is 0 Å². The van der Waals surface area contributed by atoms with Gasteiger partial charge >= 0.3 is 0 Å². The maximum absolute atomic E-state index is 11.7. The Morgan fingerprint density at radius 1 is 1.38 bits per heavy atom. The van der Waals surface area contributed by atoms with Crippen molar-refractivity contribution >= 4 is 16.7 Å². The van der Waals surface area contributed by atoms with Crippen LogP contribution in [0.1, 0.15) is 28.5 Å².